The third kappa shape index (κ3) is 4.12. The van der Waals surface area contributed by atoms with E-state index in [0.29, 0.717) is 17.7 Å². The molecule has 1 atom stereocenters. The molecule has 140 valence electrons. The molecule has 6 heteroatoms. The summed E-state index contributed by atoms with van der Waals surface area (Å²) in [5.74, 6) is 0.975. The number of piperidine rings is 1. The van der Waals surface area contributed by atoms with E-state index < -0.39 is 0 Å². The number of nitrogens with zero attached hydrogens (tertiary/aromatic N) is 4. The Hall–Kier alpha value is -2.21. The number of amides is 1. The Bertz CT molecular complexity index is 771. The van der Waals surface area contributed by atoms with Crippen molar-refractivity contribution >= 4 is 5.91 Å². The highest BCUT2D eigenvalue weighted by Crippen LogP contribution is 2.27. The summed E-state index contributed by atoms with van der Waals surface area (Å²) in [5.41, 5.74) is 1.27. The van der Waals surface area contributed by atoms with Gasteiger partial charge in [0.15, 0.2) is 0 Å². The highest BCUT2D eigenvalue weighted by Gasteiger charge is 2.28. The molecule has 0 saturated carbocycles. The minimum atomic E-state index is -0.307. The molecule has 0 radical (unpaired) electrons. The van der Waals surface area contributed by atoms with Crippen LogP contribution in [0.4, 0.5) is 4.39 Å². The molecule has 2 aromatic rings. The fourth-order valence-electron chi connectivity index (χ4n) is 3.59. The van der Waals surface area contributed by atoms with Crippen LogP contribution in [0.5, 0.6) is 0 Å². The molecule has 1 aromatic carbocycles. The molecule has 2 heterocycles. The fourth-order valence-corrected chi connectivity index (χ4v) is 3.59. The number of carbonyl (C=O) groups excluding carboxylic acids is 1. The second-order valence-electron chi connectivity index (χ2n) is 7.33. The third-order valence-electron chi connectivity index (χ3n) is 5.03. The van der Waals surface area contributed by atoms with Gasteiger partial charge in [-0.3, -0.25) is 4.79 Å². The molecule has 1 aliphatic rings. The van der Waals surface area contributed by atoms with Gasteiger partial charge >= 0.3 is 0 Å². The van der Waals surface area contributed by atoms with E-state index >= 15 is 0 Å². The summed E-state index contributed by atoms with van der Waals surface area (Å²) in [5, 5.41) is 0. The highest BCUT2D eigenvalue weighted by molar-refractivity contribution is 5.95. The van der Waals surface area contributed by atoms with Crippen molar-refractivity contribution < 1.29 is 9.18 Å². The van der Waals surface area contributed by atoms with Gasteiger partial charge in [0.1, 0.15) is 11.6 Å². The topological polar surface area (TPSA) is 41.4 Å². The molecule has 0 unspecified atom stereocenters. The van der Waals surface area contributed by atoms with Gasteiger partial charge < -0.3 is 14.4 Å². The number of likely N-dealkylation sites (tertiary alicyclic amines) is 1. The highest BCUT2D eigenvalue weighted by atomic mass is 19.1. The normalized spacial score (nSPS) is 17.7. The number of likely N-dealkylation sites (N-methyl/N-ethyl adjacent to an activating group) is 1. The quantitative estimate of drug-likeness (QED) is 0.825. The predicted molar refractivity (Wildman–Crippen MR) is 99.8 cm³/mol. The van der Waals surface area contributed by atoms with E-state index in [1.807, 2.05) is 17.3 Å². The number of benzene rings is 1. The first kappa shape index (κ1) is 18.6. The van der Waals surface area contributed by atoms with Crippen LogP contribution in [0.3, 0.4) is 0 Å². The molecule has 0 aliphatic carbocycles. The van der Waals surface area contributed by atoms with E-state index in [4.69, 9.17) is 0 Å². The molecule has 1 amide bonds. The van der Waals surface area contributed by atoms with Gasteiger partial charge in [-0.1, -0.05) is 0 Å². The van der Waals surface area contributed by atoms with Crippen LogP contribution in [0.15, 0.2) is 30.6 Å². The molecule has 1 fully saturated rings. The largest absolute Gasteiger partial charge is 0.338 e. The summed E-state index contributed by atoms with van der Waals surface area (Å²) in [4.78, 5) is 21.5. The van der Waals surface area contributed by atoms with Crippen LogP contribution < -0.4 is 0 Å². The maximum Gasteiger partial charge on any atom is 0.254 e. The number of imidazole rings is 1. The Labute approximate surface area is 154 Å². The lowest BCUT2D eigenvalue weighted by Crippen LogP contribution is -2.40. The second kappa shape index (κ2) is 7.99. The van der Waals surface area contributed by atoms with Crippen LogP contribution in [0, 0.1) is 12.7 Å². The first-order chi connectivity index (χ1) is 12.5. The Morgan fingerprint density at radius 3 is 2.92 bits per heavy atom. The Morgan fingerprint density at radius 2 is 2.19 bits per heavy atom. The Morgan fingerprint density at radius 1 is 1.38 bits per heavy atom. The first-order valence-corrected chi connectivity index (χ1v) is 9.17. The van der Waals surface area contributed by atoms with Gasteiger partial charge in [-0.15, -0.1) is 0 Å². The predicted octanol–water partition coefficient (Wildman–Crippen LogP) is 2.91. The lowest BCUT2D eigenvalue weighted by Gasteiger charge is -2.33. The van der Waals surface area contributed by atoms with Crippen LogP contribution >= 0.6 is 0 Å². The van der Waals surface area contributed by atoms with Crippen molar-refractivity contribution in [1.82, 2.24) is 19.4 Å². The van der Waals surface area contributed by atoms with E-state index in [1.165, 1.54) is 12.1 Å². The number of carbonyl (C=O) groups is 1. The van der Waals surface area contributed by atoms with Crippen molar-refractivity contribution in [2.75, 3.05) is 33.7 Å². The smallest absolute Gasteiger partial charge is 0.254 e. The molecule has 0 spiro atoms. The first-order valence-electron chi connectivity index (χ1n) is 9.17. The standard InChI is InChI=1S/C20H27FN4O/c1-15-13-17(21)6-7-18(15)20(26)25-9-4-5-16(14-25)19-22-8-10-24(19)12-11-23(2)3/h6-8,10,13,16H,4-5,9,11-12,14H2,1-3H3/t16-/m0/s1. The lowest BCUT2D eigenvalue weighted by molar-refractivity contribution is 0.0702. The van der Waals surface area contributed by atoms with Gasteiger partial charge in [0.25, 0.3) is 5.91 Å². The molecular formula is C20H27FN4O. The summed E-state index contributed by atoms with van der Waals surface area (Å²) in [7, 11) is 4.12. The zero-order valence-corrected chi connectivity index (χ0v) is 15.8. The van der Waals surface area contributed by atoms with E-state index in [1.54, 1.807) is 13.0 Å². The summed E-state index contributed by atoms with van der Waals surface area (Å²) in [6.45, 7) is 5.03. The molecule has 3 rings (SSSR count). The Balaban J connectivity index is 1.73. The van der Waals surface area contributed by atoms with Crippen molar-refractivity contribution in [1.29, 1.82) is 0 Å². The summed E-state index contributed by atoms with van der Waals surface area (Å²) in [6, 6.07) is 4.37. The van der Waals surface area contributed by atoms with Crippen molar-refractivity contribution in [2.45, 2.75) is 32.2 Å². The van der Waals surface area contributed by atoms with E-state index in [0.717, 1.165) is 38.3 Å². The van der Waals surface area contributed by atoms with Gasteiger partial charge in [-0.2, -0.15) is 0 Å². The van der Waals surface area contributed by atoms with Crippen LogP contribution in [0.2, 0.25) is 0 Å². The molecule has 1 aliphatic heterocycles. The van der Waals surface area contributed by atoms with Gasteiger partial charge in [-0.05, 0) is 57.6 Å². The Kier molecular flexibility index (Phi) is 5.71. The molecule has 5 nitrogen and oxygen atoms in total. The number of halogens is 1. The van der Waals surface area contributed by atoms with Crippen molar-refractivity contribution in [3.8, 4) is 0 Å². The van der Waals surface area contributed by atoms with Gasteiger partial charge in [0, 0.05) is 50.1 Å². The monoisotopic (exact) mass is 358 g/mol. The molecule has 1 saturated heterocycles. The molecular weight excluding hydrogens is 331 g/mol. The third-order valence-corrected chi connectivity index (χ3v) is 5.03. The lowest BCUT2D eigenvalue weighted by atomic mass is 9.96. The minimum absolute atomic E-state index is 0.0152. The van der Waals surface area contributed by atoms with Crippen LogP contribution in [0.1, 0.15) is 40.5 Å². The van der Waals surface area contributed by atoms with Crippen LogP contribution in [-0.2, 0) is 6.54 Å². The molecule has 1 aromatic heterocycles. The molecule has 0 bridgehead atoms. The average molecular weight is 358 g/mol. The van der Waals surface area contributed by atoms with Gasteiger partial charge in [0.05, 0.1) is 0 Å². The SMILES string of the molecule is Cc1cc(F)ccc1C(=O)N1CCC[C@H](c2nccn2CCN(C)C)C1. The maximum atomic E-state index is 13.3. The van der Waals surface area contributed by atoms with Crippen molar-refractivity contribution in [3.05, 3.63) is 53.4 Å². The number of hydrogen-bond donors (Lipinski definition) is 0. The zero-order chi connectivity index (χ0) is 18.7. The number of hydrogen-bond acceptors (Lipinski definition) is 3. The van der Waals surface area contributed by atoms with Crippen molar-refractivity contribution in [2.24, 2.45) is 0 Å². The maximum absolute atomic E-state index is 13.3. The molecule has 0 N–H and O–H groups in total. The average Bonchev–Trinajstić information content (AvgIpc) is 3.08. The molecule has 26 heavy (non-hydrogen) atoms. The van der Waals surface area contributed by atoms with E-state index in [2.05, 4.69) is 28.5 Å². The number of aryl methyl sites for hydroxylation is 1. The van der Waals surface area contributed by atoms with Crippen LogP contribution in [-0.4, -0.2) is 59.0 Å². The summed E-state index contributed by atoms with van der Waals surface area (Å²) in [6.07, 6.45) is 5.85. The second-order valence-corrected chi connectivity index (χ2v) is 7.33. The number of aromatic nitrogens is 2. The zero-order valence-electron chi connectivity index (χ0n) is 15.8. The summed E-state index contributed by atoms with van der Waals surface area (Å²) >= 11 is 0. The van der Waals surface area contributed by atoms with E-state index in [-0.39, 0.29) is 17.6 Å². The fraction of sp³-hybridized carbons (Fsp3) is 0.500. The minimum Gasteiger partial charge on any atom is -0.338 e. The summed E-state index contributed by atoms with van der Waals surface area (Å²) < 4.78 is 15.5. The van der Waals surface area contributed by atoms with Crippen LogP contribution in [0.25, 0.3) is 0 Å². The van der Waals surface area contributed by atoms with Gasteiger partial charge in [0.2, 0.25) is 0 Å². The van der Waals surface area contributed by atoms with Crippen molar-refractivity contribution in [3.63, 3.8) is 0 Å². The number of rotatable bonds is 5. The van der Waals surface area contributed by atoms with E-state index in [9.17, 15) is 9.18 Å². The van der Waals surface area contributed by atoms with Gasteiger partial charge in [-0.25, -0.2) is 9.37 Å².